The number of benzene rings is 1. The first-order valence-electron chi connectivity index (χ1n) is 8.56. The molecule has 0 aliphatic carbocycles. The number of rotatable bonds is 6. The number of nitrogens with zero attached hydrogens (tertiary/aromatic N) is 2. The lowest BCUT2D eigenvalue weighted by atomic mass is 9.99. The van der Waals surface area contributed by atoms with Gasteiger partial charge in [-0.3, -0.25) is 9.59 Å². The molecule has 4 heteroatoms. The maximum Gasteiger partial charge on any atom is 0.168 e. The number of carbonyl (C=O) groups is 2. The molecule has 130 valence electrons. The normalized spacial score (nSPS) is 10.5. The van der Waals surface area contributed by atoms with Crippen LogP contribution in [0.25, 0.3) is 0 Å². The molecule has 0 bridgehead atoms. The van der Waals surface area contributed by atoms with E-state index >= 15 is 0 Å². The van der Waals surface area contributed by atoms with Crippen molar-refractivity contribution in [3.05, 3.63) is 95.6 Å². The zero-order valence-corrected chi connectivity index (χ0v) is 15.1. The van der Waals surface area contributed by atoms with Crippen LogP contribution >= 0.6 is 0 Å². The molecule has 2 heterocycles. The Labute approximate surface area is 153 Å². The van der Waals surface area contributed by atoms with E-state index in [1.165, 1.54) is 0 Å². The van der Waals surface area contributed by atoms with Gasteiger partial charge in [0.15, 0.2) is 36.4 Å². The van der Waals surface area contributed by atoms with E-state index in [0.29, 0.717) is 24.0 Å². The van der Waals surface area contributed by atoms with Gasteiger partial charge in [-0.2, -0.15) is 0 Å². The Hall–Kier alpha value is -3.14. The highest BCUT2D eigenvalue weighted by Crippen LogP contribution is 2.11. The molecule has 0 spiro atoms. The molecule has 4 nitrogen and oxygen atoms in total. The molecule has 0 aliphatic rings. The van der Waals surface area contributed by atoms with Gasteiger partial charge in [0.05, 0.1) is 0 Å². The number of hydrogen-bond donors (Lipinski definition) is 0. The van der Waals surface area contributed by atoms with Gasteiger partial charge < -0.3 is 0 Å². The summed E-state index contributed by atoms with van der Waals surface area (Å²) in [5.41, 5.74) is 3.21. The van der Waals surface area contributed by atoms with Crippen LogP contribution in [-0.2, 0) is 26.9 Å². The van der Waals surface area contributed by atoms with E-state index in [1.807, 2.05) is 72.3 Å². The van der Waals surface area contributed by atoms with Crippen molar-refractivity contribution in [3.8, 4) is 0 Å². The fraction of sp³-hybridized carbons (Fsp3) is 0.182. The van der Waals surface area contributed by atoms with Crippen LogP contribution in [0.1, 0.15) is 31.8 Å². The van der Waals surface area contributed by atoms with Gasteiger partial charge in [-0.1, -0.05) is 24.3 Å². The van der Waals surface area contributed by atoms with Crippen molar-refractivity contribution in [2.75, 3.05) is 0 Å². The average Bonchev–Trinajstić information content (AvgIpc) is 2.65. The van der Waals surface area contributed by atoms with Crippen molar-refractivity contribution in [2.24, 2.45) is 14.1 Å². The van der Waals surface area contributed by atoms with E-state index in [4.69, 9.17) is 0 Å². The summed E-state index contributed by atoms with van der Waals surface area (Å²) >= 11 is 0. The molecule has 0 atom stereocenters. The number of pyridine rings is 2. The van der Waals surface area contributed by atoms with Crippen LogP contribution in [-0.4, -0.2) is 11.6 Å². The molecule has 0 N–H and O–H groups in total. The number of aromatic nitrogens is 2. The van der Waals surface area contributed by atoms with Crippen LogP contribution < -0.4 is 9.13 Å². The SMILES string of the molecule is C[n+]1ccc(CC(=O)c2ccc(C(=O)Cc3cc[n+](C)cc3)cc2)cc1. The lowest BCUT2D eigenvalue weighted by Crippen LogP contribution is -2.26. The van der Waals surface area contributed by atoms with Crippen LogP contribution in [0.5, 0.6) is 0 Å². The largest absolute Gasteiger partial charge is 0.294 e. The minimum atomic E-state index is 0.0495. The summed E-state index contributed by atoms with van der Waals surface area (Å²) in [6.45, 7) is 0. The molecule has 0 saturated heterocycles. The third-order valence-corrected chi connectivity index (χ3v) is 4.35. The predicted molar refractivity (Wildman–Crippen MR) is 97.7 cm³/mol. The van der Waals surface area contributed by atoms with Crippen LogP contribution in [0.3, 0.4) is 0 Å². The van der Waals surface area contributed by atoms with Gasteiger partial charge in [-0.05, 0) is 11.1 Å². The summed E-state index contributed by atoms with van der Waals surface area (Å²) in [4.78, 5) is 24.8. The minimum absolute atomic E-state index is 0.0495. The first-order chi connectivity index (χ1) is 12.5. The first kappa shape index (κ1) is 17.7. The molecule has 0 saturated carbocycles. The molecular formula is C22H22N2O2+2. The van der Waals surface area contributed by atoms with Gasteiger partial charge in [0.2, 0.25) is 0 Å². The third-order valence-electron chi connectivity index (χ3n) is 4.35. The minimum Gasteiger partial charge on any atom is -0.294 e. The van der Waals surface area contributed by atoms with Crippen molar-refractivity contribution in [3.63, 3.8) is 0 Å². The number of carbonyl (C=O) groups excluding carboxylic acids is 2. The second-order valence-electron chi connectivity index (χ2n) is 6.52. The summed E-state index contributed by atoms with van der Waals surface area (Å²) in [6.07, 6.45) is 8.41. The number of Topliss-reactive ketones (excluding diaryl/α,β-unsaturated/α-hetero) is 2. The maximum atomic E-state index is 12.4. The summed E-state index contributed by atoms with van der Waals surface area (Å²) in [7, 11) is 3.88. The Morgan fingerprint density at radius 3 is 1.23 bits per heavy atom. The molecule has 0 amide bonds. The fourth-order valence-corrected chi connectivity index (χ4v) is 2.72. The van der Waals surface area contributed by atoms with Crippen LogP contribution in [0, 0.1) is 0 Å². The van der Waals surface area contributed by atoms with E-state index in [0.717, 1.165) is 11.1 Å². The Balaban J connectivity index is 1.65. The highest BCUT2D eigenvalue weighted by Gasteiger charge is 2.11. The van der Waals surface area contributed by atoms with E-state index in [9.17, 15) is 9.59 Å². The fourth-order valence-electron chi connectivity index (χ4n) is 2.72. The zero-order valence-electron chi connectivity index (χ0n) is 15.1. The Morgan fingerprint density at radius 2 is 0.923 bits per heavy atom. The molecule has 0 fully saturated rings. The topological polar surface area (TPSA) is 41.9 Å². The molecule has 0 radical (unpaired) electrons. The van der Waals surface area contributed by atoms with Crippen molar-refractivity contribution >= 4 is 11.6 Å². The van der Waals surface area contributed by atoms with Gasteiger partial charge in [0.1, 0.15) is 14.1 Å². The van der Waals surface area contributed by atoms with Gasteiger partial charge in [0, 0.05) is 48.2 Å². The number of hydrogen-bond acceptors (Lipinski definition) is 2. The Bertz CT molecular complexity index is 833. The summed E-state index contributed by atoms with van der Waals surface area (Å²) in [5, 5.41) is 0. The smallest absolute Gasteiger partial charge is 0.168 e. The maximum absolute atomic E-state index is 12.4. The third kappa shape index (κ3) is 4.48. The van der Waals surface area contributed by atoms with Gasteiger partial charge in [-0.25, -0.2) is 9.13 Å². The summed E-state index contributed by atoms with van der Waals surface area (Å²) in [6, 6.07) is 14.7. The first-order valence-corrected chi connectivity index (χ1v) is 8.56. The van der Waals surface area contributed by atoms with E-state index in [2.05, 4.69) is 0 Å². The number of aryl methyl sites for hydroxylation is 2. The van der Waals surface area contributed by atoms with Gasteiger partial charge in [0.25, 0.3) is 0 Å². The van der Waals surface area contributed by atoms with Crippen LogP contribution in [0.2, 0.25) is 0 Å². The molecule has 1 aromatic carbocycles. The van der Waals surface area contributed by atoms with Crippen LogP contribution in [0.4, 0.5) is 0 Å². The van der Waals surface area contributed by atoms with Crippen molar-refractivity contribution < 1.29 is 18.7 Å². The standard InChI is InChI=1S/C22H22N2O2/c1-23-11-7-17(8-12-23)15-21(25)19-3-5-20(6-4-19)22(26)16-18-9-13-24(2)14-10-18/h3-14H,15-16H2,1-2H3/q+2. The lowest BCUT2D eigenvalue weighted by molar-refractivity contribution is -0.671. The highest BCUT2D eigenvalue weighted by molar-refractivity contribution is 6.00. The van der Waals surface area contributed by atoms with Crippen molar-refractivity contribution in [2.45, 2.75) is 12.8 Å². The summed E-state index contributed by atoms with van der Waals surface area (Å²) in [5.74, 6) is 0.0989. The Kier molecular flexibility index (Phi) is 5.32. The van der Waals surface area contributed by atoms with E-state index < -0.39 is 0 Å². The lowest BCUT2D eigenvalue weighted by Gasteiger charge is -2.04. The summed E-state index contributed by atoms with van der Waals surface area (Å²) < 4.78 is 3.86. The Morgan fingerprint density at radius 1 is 0.615 bits per heavy atom. The molecular weight excluding hydrogens is 324 g/mol. The molecule has 2 aromatic heterocycles. The molecule has 3 aromatic rings. The van der Waals surface area contributed by atoms with Crippen molar-refractivity contribution in [1.82, 2.24) is 0 Å². The predicted octanol–water partition coefficient (Wildman–Crippen LogP) is 2.19. The van der Waals surface area contributed by atoms with Gasteiger partial charge >= 0.3 is 0 Å². The van der Waals surface area contributed by atoms with Gasteiger partial charge in [-0.15, -0.1) is 0 Å². The second kappa shape index (κ2) is 7.83. The molecule has 0 unspecified atom stereocenters. The van der Waals surface area contributed by atoms with Crippen molar-refractivity contribution in [1.29, 1.82) is 0 Å². The van der Waals surface area contributed by atoms with E-state index in [1.54, 1.807) is 24.3 Å². The molecule has 26 heavy (non-hydrogen) atoms. The van der Waals surface area contributed by atoms with Crippen LogP contribution in [0.15, 0.2) is 73.3 Å². The quantitative estimate of drug-likeness (QED) is 0.507. The zero-order chi connectivity index (χ0) is 18.5. The molecule has 3 rings (SSSR count). The number of ketones is 2. The second-order valence-corrected chi connectivity index (χ2v) is 6.52. The average molecular weight is 346 g/mol. The molecule has 0 aliphatic heterocycles. The monoisotopic (exact) mass is 346 g/mol. The van der Waals surface area contributed by atoms with E-state index in [-0.39, 0.29) is 11.6 Å². The highest BCUT2D eigenvalue weighted by atomic mass is 16.1.